The van der Waals surface area contributed by atoms with Crippen LogP contribution in [0.3, 0.4) is 0 Å². The van der Waals surface area contributed by atoms with Crippen LogP contribution in [0.1, 0.15) is 28.4 Å². The number of carbonyl (C=O) groups excluding carboxylic acids is 2. The zero-order valence-corrected chi connectivity index (χ0v) is 13.1. The molecule has 1 heterocycles. The van der Waals surface area contributed by atoms with Crippen LogP contribution in [-0.2, 0) is 17.8 Å². The number of nitrogens with zero attached hydrogens (tertiary/aromatic N) is 1. The van der Waals surface area contributed by atoms with Crippen LogP contribution >= 0.6 is 0 Å². The number of halogens is 2. The first-order valence-corrected chi connectivity index (χ1v) is 7.59. The second-order valence-electron chi connectivity index (χ2n) is 5.66. The standard InChI is InChI=1S/C18H16F2N2O2/c1-11(23)22-8-7-13-9-12(5-6-16(13)22)10-21-18(24)17-14(19)3-2-4-15(17)20/h2-6,9H,7-8,10H2,1H3,(H,21,24). The molecule has 1 aliphatic heterocycles. The van der Waals surface area contributed by atoms with Crippen LogP contribution in [0, 0.1) is 11.6 Å². The van der Waals surface area contributed by atoms with Crippen LogP contribution in [0.25, 0.3) is 0 Å². The number of anilines is 1. The molecule has 24 heavy (non-hydrogen) atoms. The molecule has 2 amide bonds. The van der Waals surface area contributed by atoms with Gasteiger partial charge in [0.05, 0.1) is 0 Å². The topological polar surface area (TPSA) is 49.4 Å². The van der Waals surface area contributed by atoms with Crippen molar-refractivity contribution in [2.45, 2.75) is 19.9 Å². The van der Waals surface area contributed by atoms with Gasteiger partial charge in [-0.1, -0.05) is 18.2 Å². The highest BCUT2D eigenvalue weighted by atomic mass is 19.1. The Morgan fingerprint density at radius 2 is 1.88 bits per heavy atom. The van der Waals surface area contributed by atoms with Crippen LogP contribution in [0.15, 0.2) is 36.4 Å². The van der Waals surface area contributed by atoms with Crippen molar-refractivity contribution >= 4 is 17.5 Å². The predicted molar refractivity (Wildman–Crippen MR) is 85.7 cm³/mol. The van der Waals surface area contributed by atoms with Crippen LogP contribution in [0.4, 0.5) is 14.5 Å². The molecule has 0 saturated heterocycles. The fraction of sp³-hybridized carbons (Fsp3) is 0.222. The van der Waals surface area contributed by atoms with Gasteiger partial charge in [0.15, 0.2) is 0 Å². The molecule has 6 heteroatoms. The second kappa shape index (κ2) is 6.39. The van der Waals surface area contributed by atoms with E-state index in [1.807, 2.05) is 12.1 Å². The van der Waals surface area contributed by atoms with Crippen LogP contribution in [0.2, 0.25) is 0 Å². The average molecular weight is 330 g/mol. The molecule has 0 saturated carbocycles. The van der Waals surface area contributed by atoms with Gasteiger partial charge in [-0.3, -0.25) is 9.59 Å². The van der Waals surface area contributed by atoms with E-state index >= 15 is 0 Å². The summed E-state index contributed by atoms with van der Waals surface area (Å²) in [4.78, 5) is 25.2. The quantitative estimate of drug-likeness (QED) is 0.941. The van der Waals surface area contributed by atoms with E-state index in [0.717, 1.165) is 35.4 Å². The van der Waals surface area contributed by atoms with Gasteiger partial charge in [-0.2, -0.15) is 0 Å². The van der Waals surface area contributed by atoms with E-state index in [1.165, 1.54) is 13.0 Å². The molecule has 0 aromatic heterocycles. The molecule has 0 unspecified atom stereocenters. The Morgan fingerprint density at radius 3 is 2.54 bits per heavy atom. The van der Waals surface area contributed by atoms with Crippen molar-refractivity contribution in [3.05, 3.63) is 64.7 Å². The lowest BCUT2D eigenvalue weighted by Gasteiger charge is -2.15. The molecule has 2 aromatic carbocycles. The molecular formula is C18H16F2N2O2. The summed E-state index contributed by atoms with van der Waals surface area (Å²) in [6.07, 6.45) is 0.749. The number of fused-ring (bicyclic) bond motifs is 1. The molecule has 0 spiro atoms. The molecule has 0 bridgehead atoms. The number of hydrogen-bond acceptors (Lipinski definition) is 2. The third-order valence-corrected chi connectivity index (χ3v) is 4.06. The maximum atomic E-state index is 13.6. The van der Waals surface area contributed by atoms with E-state index in [2.05, 4.69) is 5.32 Å². The van der Waals surface area contributed by atoms with Gasteiger partial charge in [0.25, 0.3) is 5.91 Å². The minimum absolute atomic E-state index is 0.00942. The van der Waals surface area contributed by atoms with E-state index in [4.69, 9.17) is 0 Å². The highest BCUT2D eigenvalue weighted by molar-refractivity contribution is 5.95. The number of nitrogens with one attached hydrogen (secondary N) is 1. The van der Waals surface area contributed by atoms with Gasteiger partial charge in [-0.25, -0.2) is 8.78 Å². The van der Waals surface area contributed by atoms with E-state index in [-0.39, 0.29) is 12.5 Å². The lowest BCUT2D eigenvalue weighted by atomic mass is 10.1. The lowest BCUT2D eigenvalue weighted by molar-refractivity contribution is -0.116. The summed E-state index contributed by atoms with van der Waals surface area (Å²) in [6.45, 7) is 2.31. The number of amides is 2. The summed E-state index contributed by atoms with van der Waals surface area (Å²) in [7, 11) is 0. The Balaban J connectivity index is 1.72. The SMILES string of the molecule is CC(=O)N1CCc2cc(CNC(=O)c3c(F)cccc3F)ccc21. The largest absolute Gasteiger partial charge is 0.348 e. The summed E-state index contributed by atoms with van der Waals surface area (Å²) in [6, 6.07) is 8.82. The molecule has 4 nitrogen and oxygen atoms in total. The van der Waals surface area contributed by atoms with Gasteiger partial charge in [-0.15, -0.1) is 0 Å². The molecular weight excluding hydrogens is 314 g/mol. The predicted octanol–water partition coefficient (Wildman–Crippen LogP) is 2.80. The second-order valence-corrected chi connectivity index (χ2v) is 5.66. The monoisotopic (exact) mass is 330 g/mol. The van der Waals surface area contributed by atoms with Gasteiger partial charge in [0.2, 0.25) is 5.91 Å². The Bertz CT molecular complexity index is 800. The molecule has 1 N–H and O–H groups in total. The van der Waals surface area contributed by atoms with Gasteiger partial charge in [0, 0.05) is 25.7 Å². The molecule has 1 aliphatic rings. The van der Waals surface area contributed by atoms with Gasteiger partial charge in [-0.05, 0) is 35.7 Å². The molecule has 2 aromatic rings. The summed E-state index contributed by atoms with van der Waals surface area (Å²) < 4.78 is 27.2. The van der Waals surface area contributed by atoms with Crippen LogP contribution < -0.4 is 10.2 Å². The van der Waals surface area contributed by atoms with Crippen LogP contribution in [-0.4, -0.2) is 18.4 Å². The number of carbonyl (C=O) groups is 2. The van der Waals surface area contributed by atoms with Crippen molar-refractivity contribution in [2.75, 3.05) is 11.4 Å². The normalized spacial score (nSPS) is 12.9. The first-order valence-electron chi connectivity index (χ1n) is 7.59. The number of benzene rings is 2. The van der Waals surface area contributed by atoms with Crippen molar-refractivity contribution in [1.82, 2.24) is 5.32 Å². The Morgan fingerprint density at radius 1 is 1.17 bits per heavy atom. The van der Waals surface area contributed by atoms with Gasteiger partial charge in [0.1, 0.15) is 17.2 Å². The van der Waals surface area contributed by atoms with Crippen molar-refractivity contribution in [1.29, 1.82) is 0 Å². The third-order valence-electron chi connectivity index (χ3n) is 4.06. The Labute approximate surface area is 138 Å². The van der Waals surface area contributed by atoms with Crippen molar-refractivity contribution in [2.24, 2.45) is 0 Å². The Kier molecular flexibility index (Phi) is 4.29. The maximum Gasteiger partial charge on any atom is 0.257 e. The van der Waals surface area contributed by atoms with E-state index < -0.39 is 23.1 Å². The lowest BCUT2D eigenvalue weighted by Crippen LogP contribution is -2.26. The molecule has 0 atom stereocenters. The van der Waals surface area contributed by atoms with Crippen molar-refractivity contribution in [3.63, 3.8) is 0 Å². The highest BCUT2D eigenvalue weighted by Gasteiger charge is 2.22. The van der Waals surface area contributed by atoms with Gasteiger partial charge >= 0.3 is 0 Å². The first-order chi connectivity index (χ1) is 11.5. The fourth-order valence-corrected chi connectivity index (χ4v) is 2.88. The minimum Gasteiger partial charge on any atom is -0.348 e. The molecule has 124 valence electrons. The highest BCUT2D eigenvalue weighted by Crippen LogP contribution is 2.28. The fourth-order valence-electron chi connectivity index (χ4n) is 2.88. The van der Waals surface area contributed by atoms with E-state index in [1.54, 1.807) is 11.0 Å². The summed E-state index contributed by atoms with van der Waals surface area (Å²) in [5, 5.41) is 2.52. The summed E-state index contributed by atoms with van der Waals surface area (Å²) in [5.74, 6) is -2.58. The van der Waals surface area contributed by atoms with E-state index in [0.29, 0.717) is 6.54 Å². The molecule has 0 radical (unpaired) electrons. The Hall–Kier alpha value is -2.76. The molecule has 0 fully saturated rings. The van der Waals surface area contributed by atoms with Gasteiger partial charge < -0.3 is 10.2 Å². The molecule has 0 aliphatic carbocycles. The van der Waals surface area contributed by atoms with Crippen LogP contribution in [0.5, 0.6) is 0 Å². The summed E-state index contributed by atoms with van der Waals surface area (Å²) >= 11 is 0. The number of hydrogen-bond donors (Lipinski definition) is 1. The zero-order valence-electron chi connectivity index (χ0n) is 13.1. The summed E-state index contributed by atoms with van der Waals surface area (Å²) in [5.41, 5.74) is 2.12. The maximum absolute atomic E-state index is 13.6. The molecule has 3 rings (SSSR count). The number of rotatable bonds is 3. The minimum atomic E-state index is -0.890. The zero-order chi connectivity index (χ0) is 17.3. The average Bonchev–Trinajstić information content (AvgIpc) is 2.96. The smallest absolute Gasteiger partial charge is 0.257 e. The van der Waals surface area contributed by atoms with Crippen molar-refractivity contribution < 1.29 is 18.4 Å². The first kappa shape index (κ1) is 16.1. The van der Waals surface area contributed by atoms with E-state index in [9.17, 15) is 18.4 Å². The van der Waals surface area contributed by atoms with Crippen molar-refractivity contribution in [3.8, 4) is 0 Å². The third kappa shape index (κ3) is 2.99.